The second kappa shape index (κ2) is 7.38. The molecule has 0 aliphatic heterocycles. The highest BCUT2D eigenvalue weighted by atomic mass is 79.9. The van der Waals surface area contributed by atoms with E-state index in [9.17, 15) is 0 Å². The van der Waals surface area contributed by atoms with E-state index in [0.29, 0.717) is 0 Å². The van der Waals surface area contributed by atoms with Crippen molar-refractivity contribution >= 4 is 33.1 Å². The van der Waals surface area contributed by atoms with Gasteiger partial charge in [0.2, 0.25) is 0 Å². The Hall–Kier alpha value is -0.910. The highest BCUT2D eigenvalue weighted by Crippen LogP contribution is 2.26. The Morgan fingerprint density at radius 2 is 2.10 bits per heavy atom. The zero-order valence-corrected chi connectivity index (χ0v) is 15.4. The Morgan fingerprint density at radius 3 is 2.71 bits per heavy atom. The molecule has 0 spiro atoms. The van der Waals surface area contributed by atoms with Crippen LogP contribution in [0.4, 0.5) is 5.82 Å². The fraction of sp³-hybridized carbons (Fsp3) is 0.438. The van der Waals surface area contributed by atoms with Gasteiger partial charge in [0, 0.05) is 31.4 Å². The summed E-state index contributed by atoms with van der Waals surface area (Å²) >= 11 is 5.25. The van der Waals surface area contributed by atoms with Gasteiger partial charge in [0.25, 0.3) is 0 Å². The number of halogens is 1. The second-order valence-corrected chi connectivity index (χ2v) is 7.57. The summed E-state index contributed by atoms with van der Waals surface area (Å²) in [6.07, 6.45) is 0. The summed E-state index contributed by atoms with van der Waals surface area (Å²) in [6.45, 7) is 9.05. The molecule has 2 aromatic heterocycles. The fourth-order valence-corrected chi connectivity index (χ4v) is 3.61. The van der Waals surface area contributed by atoms with Gasteiger partial charge in [-0.15, -0.1) is 11.3 Å². The molecule has 0 aromatic carbocycles. The van der Waals surface area contributed by atoms with Crippen LogP contribution in [0.25, 0.3) is 0 Å². The van der Waals surface area contributed by atoms with Gasteiger partial charge in [0.1, 0.15) is 5.82 Å². The fourth-order valence-electron chi connectivity index (χ4n) is 2.41. The Balaban J connectivity index is 2.27. The third-order valence-corrected chi connectivity index (χ3v) is 4.96. The molecule has 0 aliphatic carbocycles. The predicted molar refractivity (Wildman–Crippen MR) is 95.2 cm³/mol. The molecule has 0 atom stereocenters. The molecule has 0 amide bonds. The van der Waals surface area contributed by atoms with Crippen molar-refractivity contribution in [1.29, 1.82) is 0 Å². The van der Waals surface area contributed by atoms with Crippen molar-refractivity contribution in [2.24, 2.45) is 0 Å². The molecule has 2 aromatic rings. The monoisotopic (exact) mass is 367 g/mol. The van der Waals surface area contributed by atoms with Crippen LogP contribution >= 0.6 is 27.3 Å². The van der Waals surface area contributed by atoms with E-state index in [1.807, 2.05) is 0 Å². The third-order valence-electron chi connectivity index (χ3n) is 3.41. The zero-order chi connectivity index (χ0) is 15.4. The van der Waals surface area contributed by atoms with E-state index in [4.69, 9.17) is 4.98 Å². The van der Waals surface area contributed by atoms with Gasteiger partial charge in [-0.3, -0.25) is 0 Å². The Bertz CT molecular complexity index is 610. The molecule has 0 radical (unpaired) electrons. The van der Waals surface area contributed by atoms with Crippen LogP contribution in [-0.2, 0) is 13.1 Å². The van der Waals surface area contributed by atoms with Crippen molar-refractivity contribution in [2.75, 3.05) is 18.5 Å². The minimum atomic E-state index is 0.864. The molecule has 5 heteroatoms. The standard InChI is InChI=1S/C16H22BrN3S/c1-5-18-8-14-11(2)6-12(3)19-16(14)20(4)9-13-7-15(17)21-10-13/h6-7,10,18H,5,8-9H2,1-4H3. The Labute approximate surface area is 139 Å². The van der Waals surface area contributed by atoms with Crippen LogP contribution in [0.5, 0.6) is 0 Å². The van der Waals surface area contributed by atoms with Crippen LogP contribution in [0.1, 0.15) is 29.3 Å². The number of pyridine rings is 1. The summed E-state index contributed by atoms with van der Waals surface area (Å²) in [5.41, 5.74) is 4.97. The average molecular weight is 368 g/mol. The van der Waals surface area contributed by atoms with E-state index in [-0.39, 0.29) is 0 Å². The smallest absolute Gasteiger partial charge is 0.133 e. The maximum atomic E-state index is 4.77. The van der Waals surface area contributed by atoms with Crippen LogP contribution in [0.15, 0.2) is 21.3 Å². The van der Waals surface area contributed by atoms with Gasteiger partial charge in [0.05, 0.1) is 3.79 Å². The molecule has 3 nitrogen and oxygen atoms in total. The molecule has 0 saturated carbocycles. The van der Waals surface area contributed by atoms with Gasteiger partial charge in [0.15, 0.2) is 0 Å². The maximum absolute atomic E-state index is 4.77. The first-order valence-corrected chi connectivity index (χ1v) is 8.80. The van der Waals surface area contributed by atoms with Crippen molar-refractivity contribution in [3.8, 4) is 0 Å². The Kier molecular flexibility index (Phi) is 5.79. The summed E-state index contributed by atoms with van der Waals surface area (Å²) in [5, 5.41) is 5.60. The van der Waals surface area contributed by atoms with E-state index < -0.39 is 0 Å². The first-order valence-electron chi connectivity index (χ1n) is 7.13. The molecule has 2 heterocycles. The highest BCUT2D eigenvalue weighted by Gasteiger charge is 2.13. The summed E-state index contributed by atoms with van der Waals surface area (Å²) in [6, 6.07) is 4.33. The van der Waals surface area contributed by atoms with Crippen molar-refractivity contribution < 1.29 is 0 Å². The van der Waals surface area contributed by atoms with E-state index in [2.05, 4.69) is 71.5 Å². The number of aryl methyl sites for hydroxylation is 2. The number of hydrogen-bond acceptors (Lipinski definition) is 4. The van der Waals surface area contributed by atoms with Gasteiger partial charge < -0.3 is 10.2 Å². The number of hydrogen-bond donors (Lipinski definition) is 1. The lowest BCUT2D eigenvalue weighted by atomic mass is 10.1. The van der Waals surface area contributed by atoms with Gasteiger partial charge in [-0.25, -0.2) is 4.98 Å². The quantitative estimate of drug-likeness (QED) is 0.826. The predicted octanol–water partition coefficient (Wildman–Crippen LogP) is 4.27. The molecule has 0 fully saturated rings. The number of thiophene rings is 1. The molecule has 2 rings (SSSR count). The summed E-state index contributed by atoms with van der Waals surface area (Å²) in [4.78, 5) is 7.00. The summed E-state index contributed by atoms with van der Waals surface area (Å²) in [7, 11) is 2.11. The highest BCUT2D eigenvalue weighted by molar-refractivity contribution is 9.11. The number of rotatable bonds is 6. The number of nitrogens with zero attached hydrogens (tertiary/aromatic N) is 2. The average Bonchev–Trinajstić information content (AvgIpc) is 2.82. The van der Waals surface area contributed by atoms with E-state index in [0.717, 1.165) is 31.1 Å². The number of nitrogens with one attached hydrogen (secondary N) is 1. The molecule has 0 aliphatic rings. The minimum absolute atomic E-state index is 0.864. The van der Waals surface area contributed by atoms with E-state index >= 15 is 0 Å². The van der Waals surface area contributed by atoms with Crippen LogP contribution < -0.4 is 10.2 Å². The number of anilines is 1. The van der Waals surface area contributed by atoms with Crippen LogP contribution in [-0.4, -0.2) is 18.6 Å². The SMILES string of the molecule is CCNCc1c(C)cc(C)nc1N(C)Cc1csc(Br)c1. The first kappa shape index (κ1) is 16.5. The normalized spacial score (nSPS) is 10.9. The van der Waals surface area contributed by atoms with Gasteiger partial charge in [-0.05, 0) is 65.0 Å². The molecular weight excluding hydrogens is 346 g/mol. The van der Waals surface area contributed by atoms with Gasteiger partial charge in [-0.1, -0.05) is 6.92 Å². The molecule has 1 N–H and O–H groups in total. The van der Waals surface area contributed by atoms with E-state index in [1.165, 1.54) is 20.5 Å². The lowest BCUT2D eigenvalue weighted by molar-refractivity contribution is 0.714. The molecule has 0 saturated heterocycles. The molecule has 0 unspecified atom stereocenters. The van der Waals surface area contributed by atoms with Gasteiger partial charge in [-0.2, -0.15) is 0 Å². The number of aromatic nitrogens is 1. The second-order valence-electron chi connectivity index (χ2n) is 5.28. The van der Waals surface area contributed by atoms with Crippen molar-refractivity contribution in [3.05, 3.63) is 43.7 Å². The van der Waals surface area contributed by atoms with Crippen molar-refractivity contribution in [2.45, 2.75) is 33.9 Å². The van der Waals surface area contributed by atoms with Gasteiger partial charge >= 0.3 is 0 Å². The van der Waals surface area contributed by atoms with Crippen molar-refractivity contribution in [1.82, 2.24) is 10.3 Å². The lowest BCUT2D eigenvalue weighted by Crippen LogP contribution is -2.23. The van der Waals surface area contributed by atoms with Crippen LogP contribution in [0.3, 0.4) is 0 Å². The summed E-state index contributed by atoms with van der Waals surface area (Å²) < 4.78 is 1.17. The topological polar surface area (TPSA) is 28.2 Å². The van der Waals surface area contributed by atoms with Crippen molar-refractivity contribution in [3.63, 3.8) is 0 Å². The summed E-state index contributed by atoms with van der Waals surface area (Å²) in [5.74, 6) is 1.08. The molecule has 21 heavy (non-hydrogen) atoms. The molecule has 114 valence electrons. The Morgan fingerprint density at radius 1 is 1.33 bits per heavy atom. The molecule has 0 bridgehead atoms. The molecular formula is C16H22BrN3S. The third kappa shape index (κ3) is 4.28. The maximum Gasteiger partial charge on any atom is 0.133 e. The largest absolute Gasteiger partial charge is 0.355 e. The first-order chi connectivity index (χ1) is 10.0. The zero-order valence-electron chi connectivity index (χ0n) is 13.0. The minimum Gasteiger partial charge on any atom is -0.355 e. The van der Waals surface area contributed by atoms with E-state index in [1.54, 1.807) is 11.3 Å². The van der Waals surface area contributed by atoms with Crippen LogP contribution in [0, 0.1) is 13.8 Å². The lowest BCUT2D eigenvalue weighted by Gasteiger charge is -2.23. The van der Waals surface area contributed by atoms with Crippen LogP contribution in [0.2, 0.25) is 0 Å².